The van der Waals surface area contributed by atoms with Gasteiger partial charge >= 0.3 is 5.97 Å². The van der Waals surface area contributed by atoms with E-state index in [1.165, 1.54) is 12.1 Å². The lowest BCUT2D eigenvalue weighted by atomic mass is 9.98. The minimum atomic E-state index is -0.602. The molecule has 0 saturated heterocycles. The number of ether oxygens (including phenoxy) is 3. The van der Waals surface area contributed by atoms with Gasteiger partial charge in [0.25, 0.3) is 5.91 Å². The first kappa shape index (κ1) is 22.1. The van der Waals surface area contributed by atoms with E-state index in [4.69, 9.17) is 14.2 Å². The normalized spacial score (nSPS) is 15.0. The van der Waals surface area contributed by atoms with Crippen molar-refractivity contribution in [3.05, 3.63) is 95.6 Å². The third-order valence-corrected chi connectivity index (χ3v) is 5.41. The van der Waals surface area contributed by atoms with Crippen LogP contribution in [0.4, 0.5) is 0 Å². The SMILES string of the molecule is COc1ccc(C2CC(c3ccccc3)=NN2C(=O)COC(=O)c2cccc(OC)c2)cc1. The molecule has 1 unspecified atom stereocenters. The number of methoxy groups -OCH3 is 2. The van der Waals surface area contributed by atoms with Crippen LogP contribution in [0, 0.1) is 0 Å². The molecule has 0 N–H and O–H groups in total. The van der Waals surface area contributed by atoms with Crippen molar-refractivity contribution < 1.29 is 23.8 Å². The zero-order valence-electron chi connectivity index (χ0n) is 18.4. The first-order valence-corrected chi connectivity index (χ1v) is 10.5. The van der Waals surface area contributed by atoms with Gasteiger partial charge in [-0.05, 0) is 41.5 Å². The van der Waals surface area contributed by atoms with E-state index < -0.39 is 18.5 Å². The molecule has 33 heavy (non-hydrogen) atoms. The van der Waals surface area contributed by atoms with Gasteiger partial charge in [-0.15, -0.1) is 0 Å². The van der Waals surface area contributed by atoms with E-state index in [9.17, 15) is 9.59 Å². The van der Waals surface area contributed by atoms with Crippen LogP contribution in [0.25, 0.3) is 0 Å². The van der Waals surface area contributed by atoms with Crippen molar-refractivity contribution in [3.8, 4) is 11.5 Å². The Balaban J connectivity index is 1.53. The molecule has 0 radical (unpaired) electrons. The molecule has 1 aliphatic rings. The molecule has 1 heterocycles. The molecular weight excluding hydrogens is 420 g/mol. The molecule has 0 spiro atoms. The van der Waals surface area contributed by atoms with Gasteiger partial charge in [0, 0.05) is 6.42 Å². The minimum Gasteiger partial charge on any atom is -0.497 e. The zero-order chi connectivity index (χ0) is 23.2. The van der Waals surface area contributed by atoms with Gasteiger partial charge in [-0.25, -0.2) is 9.80 Å². The molecule has 0 saturated carbocycles. The lowest BCUT2D eigenvalue weighted by Crippen LogP contribution is -2.31. The van der Waals surface area contributed by atoms with Gasteiger partial charge in [-0.3, -0.25) is 4.79 Å². The highest BCUT2D eigenvalue weighted by molar-refractivity contribution is 6.03. The standard InChI is InChI=1S/C26H24N2O5/c1-31-21-13-11-19(12-14-21)24-16-23(18-7-4-3-5-8-18)27-28(24)25(29)17-33-26(30)20-9-6-10-22(15-20)32-2/h3-15,24H,16-17H2,1-2H3. The minimum absolute atomic E-state index is 0.309. The number of hydrogen-bond acceptors (Lipinski definition) is 6. The van der Waals surface area contributed by atoms with Crippen LogP contribution < -0.4 is 9.47 Å². The molecule has 0 aromatic heterocycles. The Morgan fingerprint density at radius 2 is 1.64 bits per heavy atom. The summed E-state index contributed by atoms with van der Waals surface area (Å²) < 4.78 is 15.7. The molecule has 168 valence electrons. The molecule has 7 heteroatoms. The van der Waals surface area contributed by atoms with Crippen LogP contribution in [0.5, 0.6) is 11.5 Å². The lowest BCUT2D eigenvalue weighted by molar-refractivity contribution is -0.136. The molecule has 3 aromatic carbocycles. The summed E-state index contributed by atoms with van der Waals surface area (Å²) in [6.07, 6.45) is 0.548. The van der Waals surface area contributed by atoms with Gasteiger partial charge in [0.15, 0.2) is 6.61 Å². The number of esters is 1. The van der Waals surface area contributed by atoms with Gasteiger partial charge in [-0.1, -0.05) is 48.5 Å². The van der Waals surface area contributed by atoms with Crippen LogP contribution in [0.2, 0.25) is 0 Å². The van der Waals surface area contributed by atoms with E-state index in [2.05, 4.69) is 5.10 Å². The first-order chi connectivity index (χ1) is 16.1. The number of hydrogen-bond donors (Lipinski definition) is 0. The summed E-state index contributed by atoms with van der Waals surface area (Å²) in [6.45, 7) is -0.422. The smallest absolute Gasteiger partial charge is 0.338 e. The lowest BCUT2D eigenvalue weighted by Gasteiger charge is -2.22. The molecule has 1 amide bonds. The van der Waals surface area contributed by atoms with E-state index in [-0.39, 0.29) is 6.04 Å². The quantitative estimate of drug-likeness (QED) is 0.510. The summed E-state index contributed by atoms with van der Waals surface area (Å²) in [4.78, 5) is 25.5. The molecule has 0 aliphatic carbocycles. The van der Waals surface area contributed by atoms with Crippen LogP contribution in [0.1, 0.15) is 33.9 Å². The third kappa shape index (κ3) is 5.03. The fourth-order valence-corrected chi connectivity index (χ4v) is 3.66. The number of nitrogens with zero attached hydrogens (tertiary/aromatic N) is 2. The largest absolute Gasteiger partial charge is 0.497 e. The molecule has 3 aromatic rings. The van der Waals surface area contributed by atoms with Crippen molar-refractivity contribution in [2.75, 3.05) is 20.8 Å². The summed E-state index contributed by atoms with van der Waals surface area (Å²) in [6, 6.07) is 23.5. The van der Waals surface area contributed by atoms with E-state index >= 15 is 0 Å². The highest BCUT2D eigenvalue weighted by atomic mass is 16.5. The van der Waals surface area contributed by atoms with Crippen LogP contribution in [-0.2, 0) is 9.53 Å². The van der Waals surface area contributed by atoms with Crippen molar-refractivity contribution in [1.82, 2.24) is 5.01 Å². The second-order valence-corrected chi connectivity index (χ2v) is 7.45. The van der Waals surface area contributed by atoms with Crippen LogP contribution in [0.3, 0.4) is 0 Å². The topological polar surface area (TPSA) is 77.4 Å². The Bertz CT molecular complexity index is 1160. The molecule has 0 fully saturated rings. The molecule has 0 bridgehead atoms. The summed E-state index contributed by atoms with van der Waals surface area (Å²) in [5.74, 6) is 0.255. The predicted octanol–water partition coefficient (Wildman–Crippen LogP) is 4.24. The average Bonchev–Trinajstić information content (AvgIpc) is 3.33. The summed E-state index contributed by atoms with van der Waals surface area (Å²) in [5, 5.41) is 6.00. The summed E-state index contributed by atoms with van der Waals surface area (Å²) in [7, 11) is 3.12. The van der Waals surface area contributed by atoms with E-state index in [0.29, 0.717) is 17.7 Å². The highest BCUT2D eigenvalue weighted by Gasteiger charge is 2.33. The fraction of sp³-hybridized carbons (Fsp3) is 0.192. The van der Waals surface area contributed by atoms with Gasteiger partial charge in [0.1, 0.15) is 11.5 Å². The van der Waals surface area contributed by atoms with Crippen LogP contribution in [-0.4, -0.2) is 43.4 Å². The number of hydrazone groups is 1. The molecule has 1 aliphatic heterocycles. The van der Waals surface area contributed by atoms with Gasteiger partial charge in [0.05, 0.1) is 31.5 Å². The number of benzene rings is 3. The Morgan fingerprint density at radius 1 is 0.909 bits per heavy atom. The maximum Gasteiger partial charge on any atom is 0.338 e. The molecule has 4 rings (SSSR count). The van der Waals surface area contributed by atoms with Crippen LogP contribution >= 0.6 is 0 Å². The fourth-order valence-electron chi connectivity index (χ4n) is 3.66. The predicted molar refractivity (Wildman–Crippen MR) is 123 cm³/mol. The summed E-state index contributed by atoms with van der Waals surface area (Å²) in [5.41, 5.74) is 2.96. The second-order valence-electron chi connectivity index (χ2n) is 7.45. The Morgan fingerprint density at radius 3 is 2.33 bits per heavy atom. The molecule has 1 atom stereocenters. The van der Waals surface area contributed by atoms with Gasteiger partial charge in [0.2, 0.25) is 0 Å². The second kappa shape index (κ2) is 9.99. The Hall–Kier alpha value is -4.13. The van der Waals surface area contributed by atoms with Crippen molar-refractivity contribution in [3.63, 3.8) is 0 Å². The number of carbonyl (C=O) groups is 2. The Kier molecular flexibility index (Phi) is 6.69. The highest BCUT2D eigenvalue weighted by Crippen LogP contribution is 2.33. The van der Waals surface area contributed by atoms with Crippen molar-refractivity contribution in [2.45, 2.75) is 12.5 Å². The molecule has 7 nitrogen and oxygen atoms in total. The van der Waals surface area contributed by atoms with E-state index in [1.54, 1.807) is 31.4 Å². The van der Waals surface area contributed by atoms with Crippen molar-refractivity contribution in [2.24, 2.45) is 5.10 Å². The monoisotopic (exact) mass is 444 g/mol. The van der Waals surface area contributed by atoms with E-state index in [0.717, 1.165) is 22.6 Å². The van der Waals surface area contributed by atoms with Crippen molar-refractivity contribution in [1.29, 1.82) is 0 Å². The summed E-state index contributed by atoms with van der Waals surface area (Å²) >= 11 is 0. The molecular formula is C26H24N2O5. The maximum absolute atomic E-state index is 13.1. The number of amides is 1. The number of carbonyl (C=O) groups excluding carboxylic acids is 2. The van der Waals surface area contributed by atoms with Gasteiger partial charge < -0.3 is 14.2 Å². The van der Waals surface area contributed by atoms with Crippen LogP contribution in [0.15, 0.2) is 84.0 Å². The van der Waals surface area contributed by atoms with Crippen molar-refractivity contribution >= 4 is 17.6 Å². The maximum atomic E-state index is 13.1. The third-order valence-electron chi connectivity index (χ3n) is 5.41. The van der Waals surface area contributed by atoms with E-state index in [1.807, 2.05) is 54.6 Å². The average molecular weight is 444 g/mol. The number of rotatable bonds is 7. The Labute approximate surface area is 192 Å². The van der Waals surface area contributed by atoms with Gasteiger partial charge in [-0.2, -0.15) is 5.10 Å². The first-order valence-electron chi connectivity index (χ1n) is 10.5. The zero-order valence-corrected chi connectivity index (χ0v) is 18.4.